The van der Waals surface area contributed by atoms with Crippen molar-refractivity contribution in [2.45, 2.75) is 70.2 Å². The molecule has 0 saturated carbocycles. The van der Waals surface area contributed by atoms with Gasteiger partial charge < -0.3 is 31.4 Å². The molecule has 33 heavy (non-hydrogen) atoms. The Morgan fingerprint density at radius 2 is 1.85 bits per heavy atom. The molecule has 186 valence electrons. The molecule has 1 saturated heterocycles. The van der Waals surface area contributed by atoms with Gasteiger partial charge in [0, 0.05) is 19.4 Å². The molecular weight excluding hydrogens is 440 g/mol. The maximum Gasteiger partial charge on any atom is 0.346 e. The van der Waals surface area contributed by atoms with Crippen molar-refractivity contribution in [2.75, 3.05) is 13.6 Å². The molecule has 0 aromatic rings. The zero-order valence-electron chi connectivity index (χ0n) is 18.9. The number of hydrogen-bond acceptors (Lipinski definition) is 10. The summed E-state index contributed by atoms with van der Waals surface area (Å²) in [7, 11) is 1.42. The summed E-state index contributed by atoms with van der Waals surface area (Å²) in [5.41, 5.74) is 10.6. The van der Waals surface area contributed by atoms with Crippen molar-refractivity contribution >= 4 is 35.7 Å². The van der Waals surface area contributed by atoms with Crippen molar-refractivity contribution in [2.24, 2.45) is 17.4 Å². The zero-order valence-corrected chi connectivity index (χ0v) is 18.9. The second-order valence-electron chi connectivity index (χ2n) is 8.36. The minimum Gasteiger partial charge on any atom is -0.478 e. The number of carbonyl (C=O) groups is 6. The van der Waals surface area contributed by atoms with Crippen LogP contribution in [-0.4, -0.2) is 83.5 Å². The van der Waals surface area contributed by atoms with Crippen LogP contribution in [0.2, 0.25) is 0 Å². The van der Waals surface area contributed by atoms with Crippen molar-refractivity contribution in [3.63, 3.8) is 0 Å². The Hall–Kier alpha value is -3.06. The number of nitrogens with two attached hydrogens (primary N) is 2. The molecule has 0 spiro atoms. The van der Waals surface area contributed by atoms with Crippen molar-refractivity contribution in [3.05, 3.63) is 0 Å². The predicted octanol–water partition coefficient (Wildman–Crippen LogP) is -1.73. The van der Waals surface area contributed by atoms with Crippen LogP contribution in [0.5, 0.6) is 0 Å². The lowest BCUT2D eigenvalue weighted by Crippen LogP contribution is -2.49. The third kappa shape index (κ3) is 9.53. The fraction of sp³-hybridized carbons (Fsp3) is 0.700. The highest BCUT2D eigenvalue weighted by Crippen LogP contribution is 2.15. The van der Waals surface area contributed by atoms with Gasteiger partial charge in [-0.05, 0) is 32.2 Å². The first-order valence-corrected chi connectivity index (χ1v) is 10.5. The topological polar surface area (TPSA) is 208 Å². The number of carboxylic acids is 1. The molecule has 2 unspecified atom stereocenters. The van der Waals surface area contributed by atoms with Gasteiger partial charge in [0.15, 0.2) is 0 Å². The van der Waals surface area contributed by atoms with Crippen molar-refractivity contribution in [1.82, 2.24) is 10.2 Å². The highest BCUT2D eigenvalue weighted by Gasteiger charge is 2.36. The molecule has 0 bridgehead atoms. The summed E-state index contributed by atoms with van der Waals surface area (Å²) in [5.74, 6) is -5.36. The van der Waals surface area contributed by atoms with E-state index in [1.54, 1.807) is 0 Å². The van der Waals surface area contributed by atoms with Gasteiger partial charge in [0.1, 0.15) is 18.1 Å². The van der Waals surface area contributed by atoms with Crippen LogP contribution in [-0.2, 0) is 38.2 Å². The third-order valence-corrected chi connectivity index (χ3v) is 4.97. The van der Waals surface area contributed by atoms with Crippen molar-refractivity contribution < 1.29 is 43.3 Å². The Morgan fingerprint density at radius 3 is 2.33 bits per heavy atom. The summed E-state index contributed by atoms with van der Waals surface area (Å²) in [6.07, 6.45) is -1.35. The number of likely N-dealkylation sites (N-methyl/N-ethyl adjacent to an activating group) is 1. The number of nitrogens with one attached hydrogen (secondary N) is 1. The fourth-order valence-corrected chi connectivity index (χ4v) is 3.13. The van der Waals surface area contributed by atoms with E-state index in [-0.39, 0.29) is 50.5 Å². The Morgan fingerprint density at radius 1 is 1.21 bits per heavy atom. The van der Waals surface area contributed by atoms with Crippen LogP contribution in [0.15, 0.2) is 0 Å². The van der Waals surface area contributed by atoms with E-state index in [1.165, 1.54) is 11.9 Å². The molecule has 6 N–H and O–H groups in total. The Labute approximate surface area is 191 Å². The second kappa shape index (κ2) is 12.8. The number of carbonyl (C=O) groups excluding carboxylic acids is 5. The number of rotatable bonds is 13. The minimum atomic E-state index is -1.63. The fourth-order valence-electron chi connectivity index (χ4n) is 3.13. The molecule has 1 rings (SSSR count). The smallest absolute Gasteiger partial charge is 0.346 e. The average Bonchev–Trinajstić information content (AvgIpc) is 3.15. The van der Waals surface area contributed by atoms with Crippen LogP contribution in [0.4, 0.5) is 0 Å². The van der Waals surface area contributed by atoms with Gasteiger partial charge in [0.2, 0.25) is 17.9 Å². The number of nitrogens with zero attached hydrogens (tertiary/aromatic N) is 1. The summed E-state index contributed by atoms with van der Waals surface area (Å²) in [6, 6.07) is -3.20. The van der Waals surface area contributed by atoms with Gasteiger partial charge in [0.05, 0.1) is 0 Å². The number of aliphatic carboxylic acids is 1. The van der Waals surface area contributed by atoms with E-state index in [0.717, 1.165) is 0 Å². The van der Waals surface area contributed by atoms with E-state index in [1.807, 2.05) is 13.8 Å². The second-order valence-corrected chi connectivity index (χ2v) is 8.36. The summed E-state index contributed by atoms with van der Waals surface area (Å²) >= 11 is 0. The molecule has 4 atom stereocenters. The summed E-state index contributed by atoms with van der Waals surface area (Å²) in [6.45, 7) is 3.24. The molecular formula is C20H32N4O9. The molecule has 1 fully saturated rings. The van der Waals surface area contributed by atoms with E-state index in [9.17, 15) is 33.9 Å². The van der Waals surface area contributed by atoms with Crippen LogP contribution < -0.4 is 16.8 Å². The van der Waals surface area contributed by atoms with E-state index in [4.69, 9.17) is 20.9 Å². The molecule has 13 heteroatoms. The van der Waals surface area contributed by atoms with E-state index < -0.39 is 54.0 Å². The lowest BCUT2D eigenvalue weighted by atomic mass is 10.0. The summed E-state index contributed by atoms with van der Waals surface area (Å²) < 4.78 is 9.89. The zero-order chi connectivity index (χ0) is 25.3. The first-order valence-electron chi connectivity index (χ1n) is 10.5. The molecule has 0 aromatic carbocycles. The monoisotopic (exact) mass is 472 g/mol. The lowest BCUT2D eigenvalue weighted by molar-refractivity contribution is -0.169. The van der Waals surface area contributed by atoms with Gasteiger partial charge in [-0.3, -0.25) is 14.5 Å². The quantitative estimate of drug-likeness (QED) is 0.175. The molecule has 2 amide bonds. The minimum absolute atomic E-state index is 0.0387. The normalized spacial score (nSPS) is 18.4. The van der Waals surface area contributed by atoms with Gasteiger partial charge in [-0.1, -0.05) is 13.8 Å². The number of carboxylic acid groups (broad SMARTS) is 1. The molecule has 1 heterocycles. The lowest BCUT2D eigenvalue weighted by Gasteiger charge is -2.29. The number of hydrogen-bond donors (Lipinski definition) is 4. The van der Waals surface area contributed by atoms with E-state index in [0.29, 0.717) is 0 Å². The van der Waals surface area contributed by atoms with Crippen LogP contribution in [0.1, 0.15) is 46.0 Å². The molecule has 1 aliphatic rings. The number of primary amides is 1. The average molecular weight is 472 g/mol. The van der Waals surface area contributed by atoms with Crippen molar-refractivity contribution in [3.8, 4) is 0 Å². The largest absolute Gasteiger partial charge is 0.478 e. The maximum absolute atomic E-state index is 12.7. The first-order chi connectivity index (χ1) is 15.3. The van der Waals surface area contributed by atoms with E-state index >= 15 is 0 Å². The standard InChI is InChI=1S/C20H32N4O9/c1-10(2)8-13(20(31)33-18(29)11(21)4-6-15(22)25)24(3)9-14(17(27)28)32-19(30)12-5-7-16(26)23-12/h10-14H,4-9,21H2,1-3H3,(H2,22,25)(H,23,26)(H,27,28)/t11?,12?,13-,14-/m0/s1. The third-order valence-electron chi connectivity index (χ3n) is 4.97. The van der Waals surface area contributed by atoms with Crippen LogP contribution in [0.3, 0.4) is 0 Å². The molecule has 0 aromatic heterocycles. The van der Waals surface area contributed by atoms with Crippen molar-refractivity contribution in [1.29, 1.82) is 0 Å². The van der Waals surface area contributed by atoms with Gasteiger partial charge in [-0.15, -0.1) is 0 Å². The van der Waals surface area contributed by atoms with Gasteiger partial charge in [-0.25, -0.2) is 19.2 Å². The SMILES string of the molecule is CC(C)C[C@@H](C(=O)OC(=O)C(N)CCC(N)=O)N(C)C[C@H](OC(=O)C1CCC(=O)N1)C(=O)O. The Kier molecular flexibility index (Phi) is 10.9. The highest BCUT2D eigenvalue weighted by atomic mass is 16.6. The number of amides is 2. The van der Waals surface area contributed by atoms with Gasteiger partial charge >= 0.3 is 23.9 Å². The van der Waals surface area contributed by atoms with Crippen LogP contribution >= 0.6 is 0 Å². The van der Waals surface area contributed by atoms with E-state index in [2.05, 4.69) is 5.32 Å². The summed E-state index contributed by atoms with van der Waals surface area (Å²) in [5, 5.41) is 11.9. The molecule has 0 aliphatic carbocycles. The van der Waals surface area contributed by atoms with Gasteiger partial charge in [0.25, 0.3) is 0 Å². The Balaban J connectivity index is 2.82. The number of esters is 3. The van der Waals surface area contributed by atoms with Crippen LogP contribution in [0, 0.1) is 5.92 Å². The highest BCUT2D eigenvalue weighted by molar-refractivity contribution is 5.91. The predicted molar refractivity (Wildman–Crippen MR) is 112 cm³/mol. The maximum atomic E-state index is 12.7. The molecule has 13 nitrogen and oxygen atoms in total. The number of ether oxygens (including phenoxy) is 2. The summed E-state index contributed by atoms with van der Waals surface area (Å²) in [4.78, 5) is 72.0. The van der Waals surface area contributed by atoms with Crippen LogP contribution in [0.25, 0.3) is 0 Å². The first kappa shape index (κ1) is 28.0. The van der Waals surface area contributed by atoms with Gasteiger partial charge in [-0.2, -0.15) is 0 Å². The molecule has 0 radical (unpaired) electrons. The molecule has 1 aliphatic heterocycles. The Bertz CT molecular complexity index is 771.